The maximum absolute atomic E-state index is 11.6. The second kappa shape index (κ2) is 7.88. The highest BCUT2D eigenvalue weighted by Gasteiger charge is 2.06. The molecule has 0 heterocycles. The highest BCUT2D eigenvalue weighted by Crippen LogP contribution is 2.05. The zero-order valence-electron chi connectivity index (χ0n) is 11.3. The molecule has 0 fully saturated rings. The first-order chi connectivity index (χ1) is 8.61. The van der Waals surface area contributed by atoms with Crippen molar-refractivity contribution in [2.45, 2.75) is 45.6 Å². The second-order valence-electron chi connectivity index (χ2n) is 4.73. The summed E-state index contributed by atoms with van der Waals surface area (Å²) in [5.74, 6) is 0.00530. The number of rotatable bonds is 7. The van der Waals surface area contributed by atoms with Gasteiger partial charge in [0.1, 0.15) is 0 Å². The molecular formula is C15H23NO2. The number of nitrogens with one attached hydrogen (secondary N) is 1. The molecule has 18 heavy (non-hydrogen) atoms. The molecule has 100 valence electrons. The second-order valence-corrected chi connectivity index (χ2v) is 4.73. The van der Waals surface area contributed by atoms with Gasteiger partial charge in [0.05, 0.1) is 6.10 Å². The van der Waals surface area contributed by atoms with E-state index in [2.05, 4.69) is 29.6 Å². The van der Waals surface area contributed by atoms with Gasteiger partial charge in [-0.25, -0.2) is 0 Å². The number of carbonyl (C=O) groups is 1. The van der Waals surface area contributed by atoms with E-state index in [0.717, 1.165) is 19.3 Å². The smallest absolute Gasteiger partial charge is 0.220 e. The molecule has 0 aliphatic carbocycles. The summed E-state index contributed by atoms with van der Waals surface area (Å²) < 4.78 is 0. The van der Waals surface area contributed by atoms with E-state index in [1.807, 2.05) is 13.8 Å². The molecule has 3 heteroatoms. The summed E-state index contributed by atoms with van der Waals surface area (Å²) >= 11 is 0. The van der Waals surface area contributed by atoms with Gasteiger partial charge in [0.15, 0.2) is 0 Å². The van der Waals surface area contributed by atoms with Crippen LogP contribution in [0.3, 0.4) is 0 Å². The molecule has 0 aliphatic heterocycles. The highest BCUT2D eigenvalue weighted by atomic mass is 16.3. The van der Waals surface area contributed by atoms with Gasteiger partial charge in [0.2, 0.25) is 5.91 Å². The third-order valence-corrected chi connectivity index (χ3v) is 2.92. The summed E-state index contributed by atoms with van der Waals surface area (Å²) in [5, 5.41) is 12.3. The molecule has 1 aromatic carbocycles. The van der Waals surface area contributed by atoms with Crippen molar-refractivity contribution in [3.05, 3.63) is 35.4 Å². The summed E-state index contributed by atoms with van der Waals surface area (Å²) in [6, 6.07) is 8.21. The molecule has 1 atom stereocenters. The van der Waals surface area contributed by atoms with Crippen LogP contribution in [0.5, 0.6) is 0 Å². The van der Waals surface area contributed by atoms with E-state index in [0.29, 0.717) is 13.0 Å². The first-order valence-electron chi connectivity index (χ1n) is 6.62. The van der Waals surface area contributed by atoms with E-state index in [-0.39, 0.29) is 5.91 Å². The van der Waals surface area contributed by atoms with Gasteiger partial charge in [0.25, 0.3) is 0 Å². The number of carbonyl (C=O) groups excluding carboxylic acids is 1. The fourth-order valence-electron chi connectivity index (χ4n) is 1.77. The van der Waals surface area contributed by atoms with Crippen LogP contribution in [-0.4, -0.2) is 23.7 Å². The quantitative estimate of drug-likeness (QED) is 0.778. The summed E-state index contributed by atoms with van der Waals surface area (Å²) in [6.45, 7) is 4.43. The number of amides is 1. The van der Waals surface area contributed by atoms with Gasteiger partial charge in [0, 0.05) is 13.0 Å². The van der Waals surface area contributed by atoms with Crippen LogP contribution in [0.25, 0.3) is 0 Å². The van der Waals surface area contributed by atoms with Crippen LogP contribution in [0, 0.1) is 6.92 Å². The zero-order valence-corrected chi connectivity index (χ0v) is 11.3. The summed E-state index contributed by atoms with van der Waals surface area (Å²) in [5.41, 5.74) is 2.40. The first-order valence-corrected chi connectivity index (χ1v) is 6.62. The molecular weight excluding hydrogens is 226 g/mol. The molecule has 0 radical (unpaired) electrons. The summed E-state index contributed by atoms with van der Waals surface area (Å²) in [6.07, 6.45) is 2.47. The van der Waals surface area contributed by atoms with Crippen LogP contribution < -0.4 is 5.32 Å². The monoisotopic (exact) mass is 249 g/mol. The van der Waals surface area contributed by atoms with Gasteiger partial charge < -0.3 is 10.4 Å². The molecule has 0 aromatic heterocycles. The molecule has 1 aromatic rings. The predicted molar refractivity (Wildman–Crippen MR) is 73.4 cm³/mol. The van der Waals surface area contributed by atoms with E-state index < -0.39 is 6.10 Å². The normalized spacial score (nSPS) is 12.2. The van der Waals surface area contributed by atoms with Crippen molar-refractivity contribution in [1.82, 2.24) is 5.32 Å². The Bertz CT molecular complexity index is 359. The Morgan fingerprint density at radius 3 is 2.61 bits per heavy atom. The maximum atomic E-state index is 11.6. The van der Waals surface area contributed by atoms with Crippen LogP contribution in [0.2, 0.25) is 0 Å². The highest BCUT2D eigenvalue weighted by molar-refractivity contribution is 5.76. The van der Waals surface area contributed by atoms with E-state index in [9.17, 15) is 9.90 Å². The number of aliphatic hydroxyl groups is 1. The minimum atomic E-state index is -0.418. The Balaban J connectivity index is 2.22. The molecule has 0 spiro atoms. The van der Waals surface area contributed by atoms with Crippen LogP contribution in [-0.2, 0) is 11.2 Å². The molecule has 1 unspecified atom stereocenters. The van der Waals surface area contributed by atoms with Crippen molar-refractivity contribution in [2.75, 3.05) is 6.54 Å². The fraction of sp³-hybridized carbons (Fsp3) is 0.533. The van der Waals surface area contributed by atoms with Gasteiger partial charge in [-0.1, -0.05) is 43.2 Å². The lowest BCUT2D eigenvalue weighted by molar-refractivity contribution is -0.121. The van der Waals surface area contributed by atoms with E-state index >= 15 is 0 Å². The van der Waals surface area contributed by atoms with Crippen molar-refractivity contribution in [2.24, 2.45) is 0 Å². The molecule has 0 saturated carbocycles. The minimum Gasteiger partial charge on any atom is -0.391 e. The van der Waals surface area contributed by atoms with Gasteiger partial charge in [-0.3, -0.25) is 4.79 Å². The van der Waals surface area contributed by atoms with Crippen molar-refractivity contribution in [1.29, 1.82) is 0 Å². The Hall–Kier alpha value is -1.35. The number of aryl methyl sites for hydroxylation is 2. The standard InChI is InChI=1S/C15H23NO2/c1-3-4-14(17)11-16-15(18)10-9-13-7-5-12(2)6-8-13/h5-8,14,17H,3-4,9-11H2,1-2H3,(H,16,18). The largest absolute Gasteiger partial charge is 0.391 e. The number of aliphatic hydroxyl groups excluding tert-OH is 1. The minimum absolute atomic E-state index is 0.00530. The van der Waals surface area contributed by atoms with Gasteiger partial charge in [-0.2, -0.15) is 0 Å². The lowest BCUT2D eigenvalue weighted by atomic mass is 10.1. The SMILES string of the molecule is CCCC(O)CNC(=O)CCc1ccc(C)cc1. The molecule has 0 saturated heterocycles. The number of hydrogen-bond acceptors (Lipinski definition) is 2. The summed E-state index contributed by atoms with van der Waals surface area (Å²) in [7, 11) is 0. The van der Waals surface area contributed by atoms with E-state index in [1.165, 1.54) is 11.1 Å². The average molecular weight is 249 g/mol. The lowest BCUT2D eigenvalue weighted by Gasteiger charge is -2.10. The first kappa shape index (κ1) is 14.7. The molecule has 2 N–H and O–H groups in total. The van der Waals surface area contributed by atoms with Crippen molar-refractivity contribution in [3.8, 4) is 0 Å². The van der Waals surface area contributed by atoms with Crippen molar-refractivity contribution in [3.63, 3.8) is 0 Å². The molecule has 1 rings (SSSR count). The van der Waals surface area contributed by atoms with E-state index in [4.69, 9.17) is 0 Å². The number of benzene rings is 1. The average Bonchev–Trinajstić information content (AvgIpc) is 2.36. The van der Waals surface area contributed by atoms with Gasteiger partial charge >= 0.3 is 0 Å². The summed E-state index contributed by atoms with van der Waals surface area (Å²) in [4.78, 5) is 11.6. The number of hydrogen-bond donors (Lipinski definition) is 2. The van der Waals surface area contributed by atoms with Crippen LogP contribution in [0.4, 0.5) is 0 Å². The van der Waals surface area contributed by atoms with Gasteiger partial charge in [-0.15, -0.1) is 0 Å². The molecule has 3 nitrogen and oxygen atoms in total. The van der Waals surface area contributed by atoms with Crippen LogP contribution in [0.1, 0.15) is 37.3 Å². The lowest BCUT2D eigenvalue weighted by Crippen LogP contribution is -2.32. The maximum Gasteiger partial charge on any atom is 0.220 e. The predicted octanol–water partition coefficient (Wildman–Crippen LogP) is 2.20. The van der Waals surface area contributed by atoms with Crippen molar-refractivity contribution >= 4 is 5.91 Å². The molecule has 1 amide bonds. The van der Waals surface area contributed by atoms with Gasteiger partial charge in [-0.05, 0) is 25.3 Å². The Kier molecular flexibility index (Phi) is 6.44. The third kappa shape index (κ3) is 5.82. The third-order valence-electron chi connectivity index (χ3n) is 2.92. The Morgan fingerprint density at radius 2 is 2.00 bits per heavy atom. The molecule has 0 bridgehead atoms. The topological polar surface area (TPSA) is 49.3 Å². The Morgan fingerprint density at radius 1 is 1.33 bits per heavy atom. The van der Waals surface area contributed by atoms with Crippen molar-refractivity contribution < 1.29 is 9.90 Å². The zero-order chi connectivity index (χ0) is 13.4. The fourth-order valence-corrected chi connectivity index (χ4v) is 1.77. The van der Waals surface area contributed by atoms with E-state index in [1.54, 1.807) is 0 Å². The Labute approximate surface area is 109 Å². The van der Waals surface area contributed by atoms with Crippen LogP contribution in [0.15, 0.2) is 24.3 Å². The van der Waals surface area contributed by atoms with Crippen LogP contribution >= 0.6 is 0 Å². The molecule has 0 aliphatic rings.